The van der Waals surface area contributed by atoms with Crippen LogP contribution >= 0.6 is 23.1 Å². The van der Waals surface area contributed by atoms with Crippen LogP contribution in [-0.2, 0) is 0 Å². The predicted molar refractivity (Wildman–Crippen MR) is 89.7 cm³/mol. The van der Waals surface area contributed by atoms with Crippen molar-refractivity contribution in [1.82, 2.24) is 14.6 Å². The lowest BCUT2D eigenvalue weighted by Crippen LogP contribution is -1.95. The number of hydrogen-bond acceptors (Lipinski definition) is 5. The largest absolute Gasteiger partial charge is 0.281 e. The zero-order valence-electron chi connectivity index (χ0n) is 11.7. The number of fused-ring (bicyclic) bond motifs is 3. The second-order valence-electron chi connectivity index (χ2n) is 4.93. The van der Waals surface area contributed by atoms with Gasteiger partial charge in [0.25, 0.3) is 0 Å². The Balaban J connectivity index is 1.75. The highest BCUT2D eigenvalue weighted by Crippen LogP contribution is 2.30. The van der Waals surface area contributed by atoms with Crippen LogP contribution in [0.3, 0.4) is 0 Å². The summed E-state index contributed by atoms with van der Waals surface area (Å²) in [6.45, 7) is 2.00. The Labute approximate surface area is 134 Å². The molecule has 0 radical (unpaired) electrons. The quantitative estimate of drug-likeness (QED) is 0.519. The number of carbonyl (C=O) groups is 1. The Kier molecular flexibility index (Phi) is 3.20. The molecular weight excluding hydrogens is 314 g/mol. The van der Waals surface area contributed by atoms with Gasteiger partial charge in [0.1, 0.15) is 0 Å². The summed E-state index contributed by atoms with van der Waals surface area (Å²) in [6, 6.07) is 15.6. The number of aromatic nitrogens is 3. The van der Waals surface area contributed by atoms with Crippen LogP contribution in [0.25, 0.3) is 15.2 Å². The van der Waals surface area contributed by atoms with Crippen molar-refractivity contribution in [1.29, 1.82) is 0 Å². The lowest BCUT2D eigenvalue weighted by molar-refractivity contribution is 0.108. The minimum Gasteiger partial charge on any atom is -0.281 e. The molecule has 6 heteroatoms. The molecule has 22 heavy (non-hydrogen) atoms. The maximum Gasteiger partial charge on any atom is 0.227 e. The Hall–Kier alpha value is -2.18. The SMILES string of the molecule is Cc1ccc(C(=O)Sc2nnc3sc4ccccc4n23)cc1. The molecule has 0 fully saturated rings. The van der Waals surface area contributed by atoms with E-state index in [-0.39, 0.29) is 5.12 Å². The molecule has 0 atom stereocenters. The van der Waals surface area contributed by atoms with Gasteiger partial charge in [-0.2, -0.15) is 0 Å². The smallest absolute Gasteiger partial charge is 0.227 e. The van der Waals surface area contributed by atoms with Crippen molar-refractivity contribution in [3.8, 4) is 0 Å². The first-order valence-electron chi connectivity index (χ1n) is 6.74. The monoisotopic (exact) mass is 325 g/mol. The standard InChI is InChI=1S/C16H11N3OS2/c1-10-6-8-11(9-7-10)14(20)22-16-18-17-15-19(16)12-4-2-3-5-13(12)21-15/h2-9H,1H3. The third kappa shape index (κ3) is 2.20. The molecule has 4 nitrogen and oxygen atoms in total. The first kappa shape index (κ1) is 13.5. The zero-order chi connectivity index (χ0) is 15.1. The van der Waals surface area contributed by atoms with Crippen molar-refractivity contribution in [2.45, 2.75) is 12.1 Å². The predicted octanol–water partition coefficient (Wildman–Crippen LogP) is 4.18. The average Bonchev–Trinajstić information content (AvgIpc) is 3.08. The third-order valence-electron chi connectivity index (χ3n) is 3.38. The number of rotatable bonds is 2. The molecule has 0 N–H and O–H groups in total. The molecule has 0 aliphatic rings. The van der Waals surface area contributed by atoms with Gasteiger partial charge < -0.3 is 0 Å². The van der Waals surface area contributed by atoms with E-state index in [1.165, 1.54) is 0 Å². The van der Waals surface area contributed by atoms with Gasteiger partial charge in [0.2, 0.25) is 15.2 Å². The molecule has 0 spiro atoms. The average molecular weight is 325 g/mol. The van der Waals surface area contributed by atoms with Crippen LogP contribution in [0.4, 0.5) is 0 Å². The van der Waals surface area contributed by atoms with Crippen molar-refractivity contribution in [2.75, 3.05) is 0 Å². The fraction of sp³-hybridized carbons (Fsp3) is 0.0625. The van der Waals surface area contributed by atoms with E-state index in [0.29, 0.717) is 10.7 Å². The van der Waals surface area contributed by atoms with E-state index >= 15 is 0 Å². The summed E-state index contributed by atoms with van der Waals surface area (Å²) in [7, 11) is 0. The molecule has 4 rings (SSSR count). The first-order chi connectivity index (χ1) is 10.7. The lowest BCUT2D eigenvalue weighted by atomic mass is 10.2. The molecule has 108 valence electrons. The molecule has 2 aromatic heterocycles. The van der Waals surface area contributed by atoms with Gasteiger partial charge in [0, 0.05) is 5.56 Å². The molecule has 0 saturated heterocycles. The Morgan fingerprint density at radius 1 is 1.09 bits per heavy atom. The molecule has 0 unspecified atom stereocenters. The van der Waals surface area contributed by atoms with Crippen LogP contribution in [-0.4, -0.2) is 19.7 Å². The summed E-state index contributed by atoms with van der Waals surface area (Å²) in [6.07, 6.45) is 0. The minimum absolute atomic E-state index is 0.0235. The van der Waals surface area contributed by atoms with E-state index in [1.54, 1.807) is 11.3 Å². The van der Waals surface area contributed by atoms with Gasteiger partial charge in [-0.25, -0.2) is 0 Å². The topological polar surface area (TPSA) is 47.3 Å². The van der Waals surface area contributed by atoms with Gasteiger partial charge in [-0.1, -0.05) is 53.3 Å². The van der Waals surface area contributed by atoms with Crippen LogP contribution in [0, 0.1) is 6.92 Å². The van der Waals surface area contributed by atoms with Crippen LogP contribution in [0.5, 0.6) is 0 Å². The van der Waals surface area contributed by atoms with Crippen molar-refractivity contribution in [3.63, 3.8) is 0 Å². The summed E-state index contributed by atoms with van der Waals surface area (Å²) >= 11 is 2.69. The third-order valence-corrected chi connectivity index (χ3v) is 5.26. The number of benzene rings is 2. The van der Waals surface area contributed by atoms with Crippen molar-refractivity contribution in [3.05, 3.63) is 59.7 Å². The first-order valence-corrected chi connectivity index (χ1v) is 8.37. The highest BCUT2D eigenvalue weighted by atomic mass is 32.2. The molecule has 4 aromatic rings. The number of thiazole rings is 1. The van der Waals surface area contributed by atoms with Crippen LogP contribution in [0.2, 0.25) is 0 Å². The number of thioether (sulfide) groups is 1. The number of para-hydroxylation sites is 1. The molecule has 0 aliphatic heterocycles. The van der Waals surface area contributed by atoms with E-state index in [9.17, 15) is 4.79 Å². The van der Waals surface area contributed by atoms with Gasteiger partial charge in [0.05, 0.1) is 10.2 Å². The van der Waals surface area contributed by atoms with Gasteiger partial charge in [-0.3, -0.25) is 9.20 Å². The van der Waals surface area contributed by atoms with E-state index in [1.807, 2.05) is 59.9 Å². The lowest BCUT2D eigenvalue weighted by Gasteiger charge is -2.00. The Morgan fingerprint density at radius 3 is 2.68 bits per heavy atom. The molecular formula is C16H11N3OS2. The van der Waals surface area contributed by atoms with Crippen LogP contribution in [0.1, 0.15) is 15.9 Å². The fourth-order valence-corrected chi connectivity index (χ4v) is 4.05. The van der Waals surface area contributed by atoms with Crippen LogP contribution in [0.15, 0.2) is 53.7 Å². The number of aryl methyl sites for hydroxylation is 1. The molecule has 2 heterocycles. The highest BCUT2D eigenvalue weighted by molar-refractivity contribution is 8.14. The Morgan fingerprint density at radius 2 is 1.86 bits per heavy atom. The number of nitrogens with zero attached hydrogens (tertiary/aromatic N) is 3. The van der Waals surface area contributed by atoms with Crippen molar-refractivity contribution >= 4 is 43.4 Å². The second kappa shape index (κ2) is 5.23. The summed E-state index contributed by atoms with van der Waals surface area (Å²) < 4.78 is 3.08. The zero-order valence-corrected chi connectivity index (χ0v) is 13.3. The molecule has 0 bridgehead atoms. The summed E-state index contributed by atoms with van der Waals surface area (Å²) in [5.41, 5.74) is 2.84. The van der Waals surface area contributed by atoms with Gasteiger partial charge in [0.15, 0.2) is 0 Å². The van der Waals surface area contributed by atoms with Crippen molar-refractivity contribution < 1.29 is 4.79 Å². The maximum absolute atomic E-state index is 12.4. The van der Waals surface area contributed by atoms with Crippen LogP contribution < -0.4 is 0 Å². The fourth-order valence-electron chi connectivity index (χ4n) is 2.25. The molecule has 2 aromatic carbocycles. The van der Waals surface area contributed by atoms with Gasteiger partial charge in [-0.05, 0) is 30.8 Å². The highest BCUT2D eigenvalue weighted by Gasteiger charge is 2.16. The number of hydrogen-bond donors (Lipinski definition) is 0. The summed E-state index contributed by atoms with van der Waals surface area (Å²) in [4.78, 5) is 13.2. The normalized spacial score (nSPS) is 11.3. The Bertz CT molecular complexity index is 986. The minimum atomic E-state index is -0.0235. The van der Waals surface area contributed by atoms with Gasteiger partial charge >= 0.3 is 0 Å². The summed E-state index contributed by atoms with van der Waals surface area (Å²) in [5.74, 6) is 0. The summed E-state index contributed by atoms with van der Waals surface area (Å²) in [5, 5.41) is 8.91. The molecule has 0 amide bonds. The van der Waals surface area contributed by atoms with Gasteiger partial charge in [-0.15, -0.1) is 10.2 Å². The second-order valence-corrected chi connectivity index (χ2v) is 6.88. The van der Waals surface area contributed by atoms with E-state index in [2.05, 4.69) is 10.2 Å². The molecule has 0 saturated carbocycles. The van der Waals surface area contributed by atoms with E-state index < -0.39 is 0 Å². The van der Waals surface area contributed by atoms with Crippen molar-refractivity contribution in [2.24, 2.45) is 0 Å². The van der Waals surface area contributed by atoms with E-state index in [0.717, 1.165) is 32.5 Å². The molecule has 0 aliphatic carbocycles. The number of carbonyl (C=O) groups excluding carboxylic acids is 1. The van der Waals surface area contributed by atoms with E-state index in [4.69, 9.17) is 0 Å². The maximum atomic E-state index is 12.4.